The zero-order valence-corrected chi connectivity index (χ0v) is 11.5. The first kappa shape index (κ1) is 13.3. The summed E-state index contributed by atoms with van der Waals surface area (Å²) in [6.45, 7) is 0. The van der Waals surface area contributed by atoms with Gasteiger partial charge in [-0.1, -0.05) is 18.2 Å². The van der Waals surface area contributed by atoms with E-state index >= 15 is 0 Å². The van der Waals surface area contributed by atoms with Crippen molar-refractivity contribution in [3.05, 3.63) is 57.8 Å². The fraction of sp³-hybridized carbons (Fsp3) is 0.0714. The van der Waals surface area contributed by atoms with E-state index in [0.717, 1.165) is 15.5 Å². The van der Waals surface area contributed by atoms with Gasteiger partial charge in [0.05, 0.1) is 10.4 Å². The van der Waals surface area contributed by atoms with Crippen LogP contribution in [0.3, 0.4) is 0 Å². The van der Waals surface area contributed by atoms with Gasteiger partial charge in [0.1, 0.15) is 0 Å². The van der Waals surface area contributed by atoms with Crippen molar-refractivity contribution in [2.45, 2.75) is 6.18 Å². The molecule has 3 aromatic rings. The predicted molar refractivity (Wildman–Crippen MR) is 74.6 cm³/mol. The molecule has 0 aliphatic rings. The fourth-order valence-corrected chi connectivity index (χ4v) is 4.00. The Morgan fingerprint density at radius 3 is 2.50 bits per heavy atom. The van der Waals surface area contributed by atoms with Gasteiger partial charge in [-0.25, -0.2) is 0 Å². The van der Waals surface area contributed by atoms with Crippen LogP contribution in [0.4, 0.5) is 13.2 Å². The molecule has 6 heteroatoms. The molecule has 2 heterocycles. The van der Waals surface area contributed by atoms with Gasteiger partial charge in [0, 0.05) is 15.0 Å². The molecule has 0 atom stereocenters. The van der Waals surface area contributed by atoms with Crippen molar-refractivity contribution in [1.29, 1.82) is 0 Å². The standard InChI is InChI=1S/C14H7F3OS2/c15-14(16,17)9-4-2-1-3-8(9)13(18)12-7-11-10(20-12)5-6-19-11/h1-7H. The Morgan fingerprint density at radius 2 is 1.80 bits per heavy atom. The van der Waals surface area contributed by atoms with E-state index in [1.165, 1.54) is 40.9 Å². The lowest BCUT2D eigenvalue weighted by Crippen LogP contribution is -2.12. The van der Waals surface area contributed by atoms with Crippen LogP contribution in [0.5, 0.6) is 0 Å². The normalized spacial score (nSPS) is 11.9. The maximum absolute atomic E-state index is 12.9. The SMILES string of the molecule is O=C(c1cc2sccc2s1)c1ccccc1C(F)(F)F. The molecule has 3 rings (SSSR count). The zero-order chi connectivity index (χ0) is 14.3. The largest absolute Gasteiger partial charge is 0.417 e. The van der Waals surface area contributed by atoms with Crippen molar-refractivity contribution in [2.24, 2.45) is 0 Å². The molecule has 1 nitrogen and oxygen atoms in total. The number of hydrogen-bond donors (Lipinski definition) is 0. The van der Waals surface area contributed by atoms with Gasteiger partial charge in [0.15, 0.2) is 0 Å². The van der Waals surface area contributed by atoms with Gasteiger partial charge in [0.2, 0.25) is 5.78 Å². The minimum absolute atomic E-state index is 0.297. The first-order valence-corrected chi connectivity index (χ1v) is 7.34. The number of carbonyl (C=O) groups excluding carboxylic acids is 1. The summed E-state index contributed by atoms with van der Waals surface area (Å²) in [5, 5.41) is 1.89. The van der Waals surface area contributed by atoms with E-state index in [2.05, 4.69) is 0 Å². The number of carbonyl (C=O) groups is 1. The summed E-state index contributed by atoms with van der Waals surface area (Å²) >= 11 is 2.69. The van der Waals surface area contributed by atoms with Gasteiger partial charge in [-0.15, -0.1) is 22.7 Å². The summed E-state index contributed by atoms with van der Waals surface area (Å²) < 4.78 is 40.6. The summed E-state index contributed by atoms with van der Waals surface area (Å²) in [5.74, 6) is -0.577. The fourth-order valence-electron chi connectivity index (χ4n) is 1.94. The van der Waals surface area contributed by atoms with E-state index in [-0.39, 0.29) is 5.56 Å². The molecule has 0 aliphatic carbocycles. The van der Waals surface area contributed by atoms with E-state index in [1.807, 2.05) is 11.4 Å². The average molecular weight is 312 g/mol. The molecule has 0 saturated carbocycles. The van der Waals surface area contributed by atoms with Gasteiger partial charge < -0.3 is 0 Å². The number of thiophene rings is 2. The highest BCUT2D eigenvalue weighted by Gasteiger charge is 2.35. The molecular formula is C14H7F3OS2. The van der Waals surface area contributed by atoms with E-state index in [4.69, 9.17) is 0 Å². The van der Waals surface area contributed by atoms with Crippen LogP contribution in [0.15, 0.2) is 41.8 Å². The lowest BCUT2D eigenvalue weighted by Gasteiger charge is -2.10. The molecule has 0 spiro atoms. The first-order valence-electron chi connectivity index (χ1n) is 5.65. The van der Waals surface area contributed by atoms with Gasteiger partial charge in [-0.3, -0.25) is 4.79 Å². The van der Waals surface area contributed by atoms with Crippen LogP contribution in [0.2, 0.25) is 0 Å². The molecule has 1 aromatic carbocycles. The smallest absolute Gasteiger partial charge is 0.288 e. The van der Waals surface area contributed by atoms with Gasteiger partial charge in [-0.2, -0.15) is 13.2 Å². The first-order chi connectivity index (χ1) is 9.47. The molecule has 0 N–H and O–H groups in total. The number of rotatable bonds is 2. The van der Waals surface area contributed by atoms with Crippen molar-refractivity contribution in [3.63, 3.8) is 0 Å². The van der Waals surface area contributed by atoms with E-state index in [1.54, 1.807) is 6.07 Å². The van der Waals surface area contributed by atoms with Crippen LogP contribution in [0.1, 0.15) is 20.8 Å². The van der Waals surface area contributed by atoms with E-state index in [9.17, 15) is 18.0 Å². The van der Waals surface area contributed by atoms with Gasteiger partial charge >= 0.3 is 6.18 Å². The van der Waals surface area contributed by atoms with E-state index < -0.39 is 17.5 Å². The molecule has 0 bridgehead atoms. The topological polar surface area (TPSA) is 17.1 Å². The Morgan fingerprint density at radius 1 is 1.05 bits per heavy atom. The third-order valence-electron chi connectivity index (χ3n) is 2.84. The van der Waals surface area contributed by atoms with Gasteiger partial charge in [0.25, 0.3) is 0 Å². The van der Waals surface area contributed by atoms with E-state index in [0.29, 0.717) is 4.88 Å². The van der Waals surface area contributed by atoms with Crippen LogP contribution in [-0.4, -0.2) is 5.78 Å². The predicted octanol–water partition coefficient (Wildman–Crippen LogP) is 5.21. The molecule has 0 unspecified atom stereocenters. The quantitative estimate of drug-likeness (QED) is 0.593. The second-order valence-electron chi connectivity index (χ2n) is 4.13. The van der Waals surface area contributed by atoms with Crippen LogP contribution in [0, 0.1) is 0 Å². The number of ketones is 1. The highest BCUT2D eigenvalue weighted by Crippen LogP contribution is 2.35. The van der Waals surface area contributed by atoms with Crippen molar-refractivity contribution in [2.75, 3.05) is 0 Å². The molecule has 0 aliphatic heterocycles. The van der Waals surface area contributed by atoms with Crippen molar-refractivity contribution < 1.29 is 18.0 Å². The Balaban J connectivity index is 2.09. The Kier molecular flexibility index (Phi) is 3.14. The van der Waals surface area contributed by atoms with Crippen LogP contribution < -0.4 is 0 Å². The number of hydrogen-bond acceptors (Lipinski definition) is 3. The van der Waals surface area contributed by atoms with Crippen LogP contribution in [-0.2, 0) is 6.18 Å². The zero-order valence-electron chi connectivity index (χ0n) is 9.90. The molecule has 0 radical (unpaired) electrons. The minimum atomic E-state index is -4.53. The summed E-state index contributed by atoms with van der Waals surface area (Å²) in [6.07, 6.45) is -4.53. The number of fused-ring (bicyclic) bond motifs is 1. The van der Waals surface area contributed by atoms with Crippen LogP contribution in [0.25, 0.3) is 9.40 Å². The van der Waals surface area contributed by atoms with Crippen molar-refractivity contribution in [3.8, 4) is 0 Å². The third kappa shape index (κ3) is 2.25. The Bertz CT molecular complexity index is 754. The van der Waals surface area contributed by atoms with Gasteiger partial charge in [-0.05, 0) is 23.6 Å². The maximum atomic E-state index is 12.9. The summed E-state index contributed by atoms with van der Waals surface area (Å²) in [5.41, 5.74) is -1.18. The molecule has 20 heavy (non-hydrogen) atoms. The molecule has 0 saturated heterocycles. The lowest BCUT2D eigenvalue weighted by molar-refractivity contribution is -0.137. The molecule has 2 aromatic heterocycles. The monoisotopic (exact) mass is 312 g/mol. The van der Waals surface area contributed by atoms with Crippen molar-refractivity contribution >= 4 is 37.9 Å². The third-order valence-corrected chi connectivity index (χ3v) is 4.93. The minimum Gasteiger partial charge on any atom is -0.288 e. The number of halogens is 3. The summed E-state index contributed by atoms with van der Waals surface area (Å²) in [7, 11) is 0. The van der Waals surface area contributed by atoms with Crippen molar-refractivity contribution in [1.82, 2.24) is 0 Å². The Labute approximate surface area is 120 Å². The molecule has 102 valence electrons. The second-order valence-corrected chi connectivity index (χ2v) is 6.16. The molecule has 0 amide bonds. The van der Waals surface area contributed by atoms with Crippen LogP contribution >= 0.6 is 22.7 Å². The maximum Gasteiger partial charge on any atom is 0.417 e. The molecule has 0 fully saturated rings. The summed E-state index contributed by atoms with van der Waals surface area (Å²) in [6, 6.07) is 8.39. The number of alkyl halides is 3. The highest BCUT2D eigenvalue weighted by atomic mass is 32.1. The lowest BCUT2D eigenvalue weighted by atomic mass is 10.0. The Hall–Kier alpha value is -1.66. The average Bonchev–Trinajstić information content (AvgIpc) is 2.97. The highest BCUT2D eigenvalue weighted by molar-refractivity contribution is 7.28. The summed E-state index contributed by atoms with van der Waals surface area (Å²) in [4.78, 5) is 12.6. The second kappa shape index (κ2) is 4.71. The number of benzene rings is 1. The molecular weight excluding hydrogens is 305 g/mol.